The number of piperidine rings is 1. The molecule has 1 saturated heterocycles. The fraction of sp³-hybridized carbons (Fsp3) is 0.700. The molecule has 1 rings (SSSR count). The van der Waals surface area contributed by atoms with E-state index in [1.807, 2.05) is 11.8 Å². The molecule has 1 heterocycles. The first kappa shape index (κ1) is 10.1. The van der Waals surface area contributed by atoms with Crippen molar-refractivity contribution in [3.8, 4) is 0 Å². The lowest BCUT2D eigenvalue weighted by molar-refractivity contribution is -0.301. The molecule has 0 amide bonds. The number of aliphatic carboxylic acids is 1. The second-order valence-electron chi connectivity index (χ2n) is 3.33. The van der Waals surface area contributed by atoms with Crippen LogP contribution in [-0.4, -0.2) is 24.0 Å². The third-order valence-electron chi connectivity index (χ3n) is 2.30. The Bertz CT molecular complexity index is 205. The summed E-state index contributed by atoms with van der Waals surface area (Å²) in [5, 5.41) is 10.8. The monoisotopic (exact) mass is 182 g/mol. The van der Waals surface area contributed by atoms with Crippen molar-refractivity contribution in [1.82, 2.24) is 4.90 Å². The Labute approximate surface area is 79.0 Å². The smallest absolute Gasteiger partial charge is 0.0873 e. The van der Waals surface area contributed by atoms with Gasteiger partial charge in [-0.05, 0) is 25.7 Å². The first-order valence-corrected chi connectivity index (χ1v) is 4.92. The van der Waals surface area contributed by atoms with Crippen molar-refractivity contribution in [3.63, 3.8) is 0 Å². The SMILES string of the molecule is CC/C=C(\C(=O)[O-])N1CCCCC1. The van der Waals surface area contributed by atoms with Crippen LogP contribution in [0.15, 0.2) is 11.8 Å². The zero-order valence-corrected chi connectivity index (χ0v) is 8.08. The number of carbonyl (C=O) groups is 1. The number of likely N-dealkylation sites (tertiary alicyclic amines) is 1. The predicted octanol–water partition coefficient (Wildman–Crippen LogP) is 0.516. The normalized spacial score (nSPS) is 18.8. The number of carboxylic acid groups (broad SMARTS) is 1. The van der Waals surface area contributed by atoms with Gasteiger partial charge in [-0.3, -0.25) is 0 Å². The third-order valence-corrected chi connectivity index (χ3v) is 2.30. The van der Waals surface area contributed by atoms with Gasteiger partial charge in [0.1, 0.15) is 0 Å². The van der Waals surface area contributed by atoms with E-state index in [-0.39, 0.29) is 0 Å². The van der Waals surface area contributed by atoms with E-state index in [1.165, 1.54) is 6.42 Å². The molecular weight excluding hydrogens is 166 g/mol. The van der Waals surface area contributed by atoms with Gasteiger partial charge in [0.05, 0.1) is 11.7 Å². The van der Waals surface area contributed by atoms with E-state index in [0.717, 1.165) is 32.4 Å². The molecule has 1 aliphatic heterocycles. The largest absolute Gasteiger partial charge is 0.543 e. The van der Waals surface area contributed by atoms with E-state index < -0.39 is 5.97 Å². The fourth-order valence-electron chi connectivity index (χ4n) is 1.67. The van der Waals surface area contributed by atoms with E-state index >= 15 is 0 Å². The van der Waals surface area contributed by atoms with E-state index in [4.69, 9.17) is 0 Å². The van der Waals surface area contributed by atoms with Crippen molar-refractivity contribution in [1.29, 1.82) is 0 Å². The molecule has 0 aliphatic carbocycles. The second kappa shape index (κ2) is 4.90. The average molecular weight is 182 g/mol. The Morgan fingerprint density at radius 3 is 2.46 bits per heavy atom. The quantitative estimate of drug-likeness (QED) is 0.597. The van der Waals surface area contributed by atoms with Gasteiger partial charge >= 0.3 is 0 Å². The minimum atomic E-state index is -1.04. The van der Waals surface area contributed by atoms with Crippen LogP contribution < -0.4 is 5.11 Å². The highest BCUT2D eigenvalue weighted by Crippen LogP contribution is 2.14. The van der Waals surface area contributed by atoms with Gasteiger partial charge in [0.2, 0.25) is 0 Å². The lowest BCUT2D eigenvalue weighted by Gasteiger charge is -2.31. The summed E-state index contributed by atoms with van der Waals surface area (Å²) in [6.07, 6.45) is 5.88. The molecule has 0 unspecified atom stereocenters. The van der Waals surface area contributed by atoms with E-state index in [1.54, 1.807) is 6.08 Å². The molecule has 0 saturated carbocycles. The average Bonchev–Trinajstić information content (AvgIpc) is 2.15. The van der Waals surface area contributed by atoms with Crippen LogP contribution in [0.5, 0.6) is 0 Å². The molecule has 13 heavy (non-hydrogen) atoms. The van der Waals surface area contributed by atoms with Gasteiger partial charge in [-0.1, -0.05) is 13.0 Å². The predicted molar refractivity (Wildman–Crippen MR) is 48.8 cm³/mol. The van der Waals surface area contributed by atoms with Gasteiger partial charge in [0.15, 0.2) is 0 Å². The summed E-state index contributed by atoms with van der Waals surface area (Å²) in [5.74, 6) is -1.04. The first-order chi connectivity index (χ1) is 6.25. The maximum Gasteiger partial charge on any atom is 0.0873 e. The van der Waals surface area contributed by atoms with Crippen LogP contribution in [0.3, 0.4) is 0 Å². The number of carboxylic acids is 1. The number of hydrogen-bond donors (Lipinski definition) is 0. The fourth-order valence-corrected chi connectivity index (χ4v) is 1.67. The third kappa shape index (κ3) is 2.76. The molecule has 0 aromatic heterocycles. The van der Waals surface area contributed by atoms with E-state index in [9.17, 15) is 9.90 Å². The minimum absolute atomic E-state index is 0.377. The van der Waals surface area contributed by atoms with E-state index in [0.29, 0.717) is 5.70 Å². The summed E-state index contributed by atoms with van der Waals surface area (Å²) >= 11 is 0. The molecule has 74 valence electrons. The van der Waals surface area contributed by atoms with E-state index in [2.05, 4.69) is 0 Å². The molecule has 0 aromatic rings. The number of rotatable bonds is 3. The van der Waals surface area contributed by atoms with Crippen molar-refractivity contribution >= 4 is 5.97 Å². The molecule has 3 nitrogen and oxygen atoms in total. The Morgan fingerprint density at radius 1 is 1.38 bits per heavy atom. The van der Waals surface area contributed by atoms with Crippen LogP contribution in [0.4, 0.5) is 0 Å². The molecule has 0 bridgehead atoms. The van der Waals surface area contributed by atoms with Gasteiger partial charge in [-0.2, -0.15) is 0 Å². The summed E-state index contributed by atoms with van der Waals surface area (Å²) in [6.45, 7) is 3.66. The highest BCUT2D eigenvalue weighted by Gasteiger charge is 2.13. The molecular formula is C10H16NO2-. The molecule has 1 fully saturated rings. The van der Waals surface area contributed by atoms with Gasteiger partial charge in [0, 0.05) is 13.1 Å². The summed E-state index contributed by atoms with van der Waals surface area (Å²) in [7, 11) is 0. The van der Waals surface area contributed by atoms with Crippen LogP contribution in [0, 0.1) is 0 Å². The summed E-state index contributed by atoms with van der Waals surface area (Å²) < 4.78 is 0. The summed E-state index contributed by atoms with van der Waals surface area (Å²) in [4.78, 5) is 12.7. The Morgan fingerprint density at radius 2 is 2.00 bits per heavy atom. The van der Waals surface area contributed by atoms with Crippen molar-refractivity contribution in [2.45, 2.75) is 32.6 Å². The second-order valence-corrected chi connectivity index (χ2v) is 3.33. The molecule has 3 heteroatoms. The van der Waals surface area contributed by atoms with Gasteiger partial charge in [0.25, 0.3) is 0 Å². The Balaban J connectivity index is 2.63. The zero-order valence-electron chi connectivity index (χ0n) is 8.08. The molecule has 0 aromatic carbocycles. The highest BCUT2D eigenvalue weighted by atomic mass is 16.4. The number of hydrogen-bond acceptors (Lipinski definition) is 3. The van der Waals surface area contributed by atoms with Crippen molar-refractivity contribution in [2.75, 3.05) is 13.1 Å². The lowest BCUT2D eigenvalue weighted by Crippen LogP contribution is -2.38. The van der Waals surface area contributed by atoms with Gasteiger partial charge in [-0.25, -0.2) is 0 Å². The van der Waals surface area contributed by atoms with Crippen molar-refractivity contribution < 1.29 is 9.90 Å². The molecule has 0 radical (unpaired) electrons. The minimum Gasteiger partial charge on any atom is -0.543 e. The number of allylic oxidation sites excluding steroid dienone is 1. The number of carbonyl (C=O) groups excluding carboxylic acids is 1. The van der Waals surface area contributed by atoms with Crippen LogP contribution in [0.2, 0.25) is 0 Å². The van der Waals surface area contributed by atoms with Crippen LogP contribution in [0.1, 0.15) is 32.6 Å². The molecule has 1 aliphatic rings. The maximum atomic E-state index is 10.8. The van der Waals surface area contributed by atoms with Crippen LogP contribution in [0.25, 0.3) is 0 Å². The standard InChI is InChI=1S/C10H17NO2/c1-2-6-9(10(12)13)11-7-4-3-5-8-11/h6H,2-5,7-8H2,1H3,(H,12,13)/p-1/b9-6+. The van der Waals surface area contributed by atoms with Crippen LogP contribution >= 0.6 is 0 Å². The maximum absolute atomic E-state index is 10.8. The van der Waals surface area contributed by atoms with Gasteiger partial charge in [-0.15, -0.1) is 0 Å². The summed E-state index contributed by atoms with van der Waals surface area (Å²) in [6, 6.07) is 0. The van der Waals surface area contributed by atoms with Crippen molar-refractivity contribution in [2.24, 2.45) is 0 Å². The molecule has 0 N–H and O–H groups in total. The Hall–Kier alpha value is -0.990. The summed E-state index contributed by atoms with van der Waals surface area (Å²) in [5.41, 5.74) is 0.377. The molecule has 0 atom stereocenters. The number of nitrogens with zero attached hydrogens (tertiary/aromatic N) is 1. The highest BCUT2D eigenvalue weighted by molar-refractivity contribution is 5.83. The Kier molecular flexibility index (Phi) is 3.80. The van der Waals surface area contributed by atoms with Crippen molar-refractivity contribution in [3.05, 3.63) is 11.8 Å². The zero-order chi connectivity index (χ0) is 9.68. The van der Waals surface area contributed by atoms with Crippen LogP contribution in [-0.2, 0) is 4.79 Å². The van der Waals surface area contributed by atoms with Gasteiger partial charge < -0.3 is 14.8 Å². The first-order valence-electron chi connectivity index (χ1n) is 4.92. The topological polar surface area (TPSA) is 43.4 Å². The molecule has 0 spiro atoms. The lowest BCUT2D eigenvalue weighted by atomic mass is 10.1.